The normalized spacial score (nSPS) is 23.5. The highest BCUT2D eigenvalue weighted by molar-refractivity contribution is 5.90. The van der Waals surface area contributed by atoms with Crippen LogP contribution in [0.4, 0.5) is 0 Å². The number of hydrogen-bond donors (Lipinski definition) is 0. The molecule has 1 rings (SSSR count). The first-order chi connectivity index (χ1) is 4.49. The summed E-state index contributed by atoms with van der Waals surface area (Å²) in [5.74, 6) is 0.291. The van der Waals surface area contributed by atoms with Gasteiger partial charge in [0.2, 0.25) is 0 Å². The van der Waals surface area contributed by atoms with Crippen LogP contribution < -0.4 is 0 Å². The Morgan fingerprint density at radius 2 is 2.20 bits per heavy atom. The van der Waals surface area contributed by atoms with Gasteiger partial charge in [-0.25, -0.2) is 4.99 Å². The van der Waals surface area contributed by atoms with Crippen LogP contribution in [0.25, 0.3) is 0 Å². The van der Waals surface area contributed by atoms with Crippen molar-refractivity contribution in [3.05, 3.63) is 0 Å². The van der Waals surface area contributed by atoms with Gasteiger partial charge in [-0.15, -0.1) is 0 Å². The molecule has 0 aromatic carbocycles. The first-order valence-corrected chi connectivity index (χ1v) is 3.27. The van der Waals surface area contributed by atoms with E-state index in [9.17, 15) is 4.79 Å². The van der Waals surface area contributed by atoms with E-state index in [0.717, 1.165) is 0 Å². The molecule has 0 aromatic rings. The molecule has 0 spiro atoms. The Morgan fingerprint density at radius 1 is 1.60 bits per heavy atom. The number of esters is 1. The summed E-state index contributed by atoms with van der Waals surface area (Å²) in [5.41, 5.74) is -0.264. The average Bonchev–Trinajstić information content (AvgIpc) is 1.54. The lowest BCUT2D eigenvalue weighted by molar-refractivity contribution is -0.137. The van der Waals surface area contributed by atoms with Crippen molar-refractivity contribution < 1.29 is 9.53 Å². The maximum absolute atomic E-state index is 10.8. The minimum absolute atomic E-state index is 0.183. The number of nitrogens with zero attached hydrogens (tertiary/aromatic N) is 1. The molecule has 0 amide bonds. The van der Waals surface area contributed by atoms with Crippen LogP contribution in [0.1, 0.15) is 27.2 Å². The van der Waals surface area contributed by atoms with Gasteiger partial charge in [-0.3, -0.25) is 4.79 Å². The monoisotopic (exact) mass is 141 g/mol. The van der Waals surface area contributed by atoms with Gasteiger partial charge in [-0.2, -0.15) is 0 Å². The van der Waals surface area contributed by atoms with Crippen LogP contribution in [0, 0.1) is 0 Å². The van der Waals surface area contributed by atoms with Crippen molar-refractivity contribution in [3.63, 3.8) is 0 Å². The highest BCUT2D eigenvalue weighted by Gasteiger charge is 2.27. The van der Waals surface area contributed by atoms with Gasteiger partial charge in [0.1, 0.15) is 0 Å². The zero-order chi connectivity index (χ0) is 7.78. The zero-order valence-corrected chi connectivity index (χ0v) is 6.47. The fourth-order valence-corrected chi connectivity index (χ4v) is 1.04. The molecule has 0 N–H and O–H groups in total. The SMILES string of the molecule is CC1=NC(C)(C)CC(=O)O1. The van der Waals surface area contributed by atoms with Crippen molar-refractivity contribution in [2.45, 2.75) is 32.7 Å². The topological polar surface area (TPSA) is 38.7 Å². The third-order valence-corrected chi connectivity index (χ3v) is 1.30. The van der Waals surface area contributed by atoms with Crippen molar-refractivity contribution in [2.24, 2.45) is 4.99 Å². The Balaban J connectivity index is 2.83. The van der Waals surface area contributed by atoms with Gasteiger partial charge in [0.15, 0.2) is 5.90 Å². The Labute approximate surface area is 60.1 Å². The quantitative estimate of drug-likeness (QED) is 0.474. The molecular formula is C7H11NO2. The highest BCUT2D eigenvalue weighted by Crippen LogP contribution is 2.19. The summed E-state index contributed by atoms with van der Waals surface area (Å²) in [6.45, 7) is 5.52. The standard InChI is InChI=1S/C7H11NO2/c1-5-8-7(2,3)4-6(9)10-5/h4H2,1-3H3. The molecule has 0 unspecified atom stereocenters. The van der Waals surface area contributed by atoms with E-state index < -0.39 is 0 Å². The fourth-order valence-electron chi connectivity index (χ4n) is 1.04. The molecule has 1 heterocycles. The van der Waals surface area contributed by atoms with Crippen LogP contribution in [0.3, 0.4) is 0 Å². The van der Waals surface area contributed by atoms with Crippen molar-refractivity contribution in [3.8, 4) is 0 Å². The maximum atomic E-state index is 10.8. The molecule has 10 heavy (non-hydrogen) atoms. The van der Waals surface area contributed by atoms with Crippen LogP contribution in [-0.4, -0.2) is 17.4 Å². The van der Waals surface area contributed by atoms with E-state index in [1.807, 2.05) is 13.8 Å². The predicted molar refractivity (Wildman–Crippen MR) is 37.9 cm³/mol. The van der Waals surface area contributed by atoms with Crippen molar-refractivity contribution >= 4 is 11.9 Å². The largest absolute Gasteiger partial charge is 0.412 e. The number of carbonyl (C=O) groups excluding carboxylic acids is 1. The number of aliphatic imine (C=N–C) groups is 1. The summed E-state index contributed by atoms with van der Waals surface area (Å²) in [6.07, 6.45) is 0.379. The van der Waals surface area contributed by atoms with Crippen molar-refractivity contribution in [1.29, 1.82) is 0 Å². The van der Waals surface area contributed by atoms with Gasteiger partial charge in [0, 0.05) is 6.92 Å². The number of ether oxygens (including phenoxy) is 1. The van der Waals surface area contributed by atoms with E-state index in [0.29, 0.717) is 12.3 Å². The number of carbonyl (C=O) groups is 1. The van der Waals surface area contributed by atoms with Crippen molar-refractivity contribution in [1.82, 2.24) is 0 Å². The molecule has 1 aliphatic rings. The van der Waals surface area contributed by atoms with Gasteiger partial charge in [0.25, 0.3) is 0 Å². The minimum Gasteiger partial charge on any atom is -0.412 e. The molecule has 0 aliphatic carbocycles. The van der Waals surface area contributed by atoms with Gasteiger partial charge in [0.05, 0.1) is 12.0 Å². The lowest BCUT2D eigenvalue weighted by atomic mass is 10.0. The molecule has 3 nitrogen and oxygen atoms in total. The van der Waals surface area contributed by atoms with Crippen LogP contribution in [0.2, 0.25) is 0 Å². The number of hydrogen-bond acceptors (Lipinski definition) is 3. The number of rotatable bonds is 0. The molecule has 0 saturated heterocycles. The maximum Gasteiger partial charge on any atom is 0.314 e. The second-order valence-electron chi connectivity index (χ2n) is 3.09. The van der Waals surface area contributed by atoms with Gasteiger partial charge in [-0.1, -0.05) is 0 Å². The van der Waals surface area contributed by atoms with E-state index in [2.05, 4.69) is 4.99 Å². The van der Waals surface area contributed by atoms with Gasteiger partial charge >= 0.3 is 5.97 Å². The second kappa shape index (κ2) is 2.08. The summed E-state index contributed by atoms with van der Waals surface area (Å²) in [7, 11) is 0. The molecule has 56 valence electrons. The van der Waals surface area contributed by atoms with E-state index in [4.69, 9.17) is 4.74 Å². The van der Waals surface area contributed by atoms with E-state index in [-0.39, 0.29) is 11.5 Å². The molecule has 3 heteroatoms. The van der Waals surface area contributed by atoms with Crippen LogP contribution >= 0.6 is 0 Å². The van der Waals surface area contributed by atoms with E-state index in [1.54, 1.807) is 6.92 Å². The van der Waals surface area contributed by atoms with Crippen LogP contribution in [0.5, 0.6) is 0 Å². The van der Waals surface area contributed by atoms with Gasteiger partial charge < -0.3 is 4.74 Å². The lowest BCUT2D eigenvalue weighted by Crippen LogP contribution is -2.31. The summed E-state index contributed by atoms with van der Waals surface area (Å²) in [5, 5.41) is 0. The molecule has 0 fully saturated rings. The first kappa shape index (κ1) is 7.25. The molecule has 0 radical (unpaired) electrons. The van der Waals surface area contributed by atoms with E-state index in [1.165, 1.54) is 0 Å². The first-order valence-electron chi connectivity index (χ1n) is 3.27. The van der Waals surface area contributed by atoms with Crippen molar-refractivity contribution in [2.75, 3.05) is 0 Å². The van der Waals surface area contributed by atoms with E-state index >= 15 is 0 Å². The molecule has 0 atom stereocenters. The Bertz CT molecular complexity index is 194. The number of cyclic esters (lactones) is 1. The summed E-state index contributed by atoms with van der Waals surface area (Å²) >= 11 is 0. The second-order valence-corrected chi connectivity index (χ2v) is 3.09. The molecule has 0 aromatic heterocycles. The third kappa shape index (κ3) is 1.56. The van der Waals surface area contributed by atoms with Crippen LogP contribution in [-0.2, 0) is 9.53 Å². The average molecular weight is 141 g/mol. The lowest BCUT2D eigenvalue weighted by Gasteiger charge is -2.23. The molecule has 1 aliphatic heterocycles. The predicted octanol–water partition coefficient (Wildman–Crippen LogP) is 1.13. The zero-order valence-electron chi connectivity index (χ0n) is 6.47. The molecule has 0 bridgehead atoms. The summed E-state index contributed by atoms with van der Waals surface area (Å²) < 4.78 is 4.73. The fraction of sp³-hybridized carbons (Fsp3) is 0.714. The molecular weight excluding hydrogens is 130 g/mol. The summed E-state index contributed by atoms with van der Waals surface area (Å²) in [6, 6.07) is 0. The van der Waals surface area contributed by atoms with Crippen LogP contribution in [0.15, 0.2) is 4.99 Å². The Hall–Kier alpha value is -0.860. The Kier molecular flexibility index (Phi) is 1.50. The smallest absolute Gasteiger partial charge is 0.314 e. The Morgan fingerprint density at radius 3 is 2.60 bits per heavy atom. The summed E-state index contributed by atoms with van der Waals surface area (Å²) in [4.78, 5) is 14.9. The highest BCUT2D eigenvalue weighted by atomic mass is 16.5. The van der Waals surface area contributed by atoms with Gasteiger partial charge in [-0.05, 0) is 13.8 Å². The molecule has 0 saturated carbocycles. The minimum atomic E-state index is -0.264. The third-order valence-electron chi connectivity index (χ3n) is 1.30.